The lowest BCUT2D eigenvalue weighted by atomic mass is 10.1. The minimum atomic E-state index is -0.483. The monoisotopic (exact) mass is 417 g/mol. The Bertz CT molecular complexity index is 1230. The molecule has 4 aromatic rings. The van der Waals surface area contributed by atoms with Crippen molar-refractivity contribution in [2.45, 2.75) is 26.9 Å². The number of nitrogens with one attached hydrogen (secondary N) is 1. The Labute approximate surface area is 179 Å². The summed E-state index contributed by atoms with van der Waals surface area (Å²) in [4.78, 5) is 13.0. The van der Waals surface area contributed by atoms with Crippen LogP contribution in [-0.2, 0) is 0 Å². The van der Waals surface area contributed by atoms with Crippen LogP contribution in [0.1, 0.15) is 29.8 Å². The molecule has 2 heterocycles. The standard InChI is InChI=1S/C24H23N3O4/c1-15(2)30-21-14-20(31-17-9-5-4-6-10-17)16(3)13-18(21)25-23(28)22-19-11-7-8-12-27(19)26-24(22)29/h4-15H,1-3H3,(H,25,28)(H,26,29). The molecule has 0 aliphatic rings. The number of para-hydroxylation sites is 1. The largest absolute Gasteiger partial charge is 0.492 e. The summed E-state index contributed by atoms with van der Waals surface area (Å²) in [5, 5.41) is 17.1. The second-order valence-electron chi connectivity index (χ2n) is 7.38. The van der Waals surface area contributed by atoms with Gasteiger partial charge in [0.1, 0.15) is 22.8 Å². The number of benzene rings is 2. The maximum absolute atomic E-state index is 13.0. The summed E-state index contributed by atoms with van der Waals surface area (Å²) >= 11 is 0. The first-order valence-electron chi connectivity index (χ1n) is 9.94. The Morgan fingerprint density at radius 1 is 1.06 bits per heavy atom. The second-order valence-corrected chi connectivity index (χ2v) is 7.38. The third-order valence-electron chi connectivity index (χ3n) is 4.61. The van der Waals surface area contributed by atoms with E-state index in [4.69, 9.17) is 9.47 Å². The number of carbonyl (C=O) groups excluding carboxylic acids is 1. The van der Waals surface area contributed by atoms with Crippen molar-refractivity contribution in [3.63, 3.8) is 0 Å². The van der Waals surface area contributed by atoms with Crippen LogP contribution in [0.25, 0.3) is 5.52 Å². The Balaban J connectivity index is 1.69. The molecule has 0 saturated heterocycles. The molecule has 7 nitrogen and oxygen atoms in total. The van der Waals surface area contributed by atoms with Gasteiger partial charge in [-0.25, -0.2) is 4.52 Å². The first-order valence-corrected chi connectivity index (χ1v) is 9.94. The number of aromatic hydroxyl groups is 1. The molecule has 0 aliphatic heterocycles. The van der Waals surface area contributed by atoms with Crippen LogP contribution >= 0.6 is 0 Å². The molecule has 7 heteroatoms. The van der Waals surface area contributed by atoms with Gasteiger partial charge in [-0.15, -0.1) is 5.10 Å². The summed E-state index contributed by atoms with van der Waals surface area (Å²) in [5.41, 5.74) is 1.90. The van der Waals surface area contributed by atoms with Gasteiger partial charge in [-0.2, -0.15) is 0 Å². The van der Waals surface area contributed by atoms with Gasteiger partial charge in [0.05, 0.1) is 17.3 Å². The van der Waals surface area contributed by atoms with Crippen molar-refractivity contribution in [3.05, 3.63) is 78.0 Å². The molecule has 2 N–H and O–H groups in total. The molecule has 2 aromatic heterocycles. The van der Waals surface area contributed by atoms with Crippen LogP contribution in [0.2, 0.25) is 0 Å². The molecular formula is C24H23N3O4. The highest BCUT2D eigenvalue weighted by Gasteiger charge is 2.21. The van der Waals surface area contributed by atoms with E-state index in [0.717, 1.165) is 5.56 Å². The molecule has 158 valence electrons. The van der Waals surface area contributed by atoms with Crippen molar-refractivity contribution < 1.29 is 19.4 Å². The topological polar surface area (TPSA) is 85.1 Å². The van der Waals surface area contributed by atoms with Gasteiger partial charge in [0, 0.05) is 12.3 Å². The molecule has 4 rings (SSSR count). The van der Waals surface area contributed by atoms with Gasteiger partial charge in [-0.3, -0.25) is 4.79 Å². The van der Waals surface area contributed by atoms with Crippen LogP contribution in [0, 0.1) is 6.92 Å². The maximum atomic E-state index is 13.0. The zero-order valence-electron chi connectivity index (χ0n) is 17.5. The number of anilines is 1. The molecule has 0 saturated carbocycles. The SMILES string of the molecule is Cc1cc(NC(=O)c2c(O)nn3ccccc23)c(OC(C)C)cc1Oc1ccccc1. The van der Waals surface area contributed by atoms with Crippen molar-refractivity contribution >= 4 is 17.1 Å². The van der Waals surface area contributed by atoms with Crippen LogP contribution in [0.4, 0.5) is 5.69 Å². The van der Waals surface area contributed by atoms with Crippen LogP contribution in [0.15, 0.2) is 66.9 Å². The van der Waals surface area contributed by atoms with Crippen molar-refractivity contribution in [2.75, 3.05) is 5.32 Å². The number of aromatic nitrogens is 2. The number of fused-ring (bicyclic) bond motifs is 1. The average Bonchev–Trinajstić information content (AvgIpc) is 3.07. The van der Waals surface area contributed by atoms with Crippen LogP contribution in [-0.4, -0.2) is 26.7 Å². The molecule has 0 fully saturated rings. The molecule has 0 atom stereocenters. The Hall–Kier alpha value is -4.00. The van der Waals surface area contributed by atoms with Gasteiger partial charge in [0.2, 0.25) is 5.88 Å². The number of amides is 1. The predicted molar refractivity (Wildman–Crippen MR) is 118 cm³/mol. The summed E-state index contributed by atoms with van der Waals surface area (Å²) in [6.45, 7) is 5.69. The minimum Gasteiger partial charge on any atom is -0.492 e. The number of nitrogens with zero attached hydrogens (tertiary/aromatic N) is 2. The summed E-state index contributed by atoms with van der Waals surface area (Å²) in [7, 11) is 0. The maximum Gasteiger partial charge on any atom is 0.263 e. The number of aryl methyl sites for hydroxylation is 1. The quantitative estimate of drug-likeness (QED) is 0.451. The second kappa shape index (κ2) is 8.39. The van der Waals surface area contributed by atoms with Crippen LogP contribution in [0.3, 0.4) is 0 Å². The van der Waals surface area contributed by atoms with Gasteiger partial charge in [0.15, 0.2) is 0 Å². The molecule has 0 radical (unpaired) electrons. The van der Waals surface area contributed by atoms with E-state index in [1.807, 2.05) is 51.1 Å². The predicted octanol–water partition coefficient (Wildman–Crippen LogP) is 5.18. The van der Waals surface area contributed by atoms with Crippen molar-refractivity contribution in [3.8, 4) is 23.1 Å². The van der Waals surface area contributed by atoms with E-state index < -0.39 is 5.91 Å². The number of pyridine rings is 1. The van der Waals surface area contributed by atoms with Gasteiger partial charge in [-0.1, -0.05) is 24.3 Å². The number of hydrogen-bond acceptors (Lipinski definition) is 5. The molecule has 1 amide bonds. The molecular weight excluding hydrogens is 394 g/mol. The average molecular weight is 417 g/mol. The highest BCUT2D eigenvalue weighted by molar-refractivity contribution is 6.11. The number of ether oxygens (including phenoxy) is 2. The Morgan fingerprint density at radius 3 is 2.55 bits per heavy atom. The van der Waals surface area contributed by atoms with E-state index in [2.05, 4.69) is 10.4 Å². The minimum absolute atomic E-state index is 0.0957. The highest BCUT2D eigenvalue weighted by Crippen LogP contribution is 2.36. The smallest absolute Gasteiger partial charge is 0.263 e. The number of rotatable bonds is 6. The van der Waals surface area contributed by atoms with Gasteiger partial charge in [0.25, 0.3) is 5.91 Å². The number of carbonyl (C=O) groups is 1. The molecule has 0 aliphatic carbocycles. The first kappa shape index (κ1) is 20.3. The summed E-state index contributed by atoms with van der Waals surface area (Å²) < 4.78 is 13.4. The third-order valence-corrected chi connectivity index (χ3v) is 4.61. The molecule has 31 heavy (non-hydrogen) atoms. The van der Waals surface area contributed by atoms with Crippen molar-refractivity contribution in [1.82, 2.24) is 9.61 Å². The molecule has 0 unspecified atom stereocenters. The van der Waals surface area contributed by atoms with Crippen LogP contribution in [0.5, 0.6) is 23.1 Å². The molecule has 2 aromatic carbocycles. The van der Waals surface area contributed by atoms with E-state index in [1.165, 1.54) is 4.52 Å². The first-order chi connectivity index (χ1) is 14.9. The highest BCUT2D eigenvalue weighted by atomic mass is 16.5. The lowest BCUT2D eigenvalue weighted by molar-refractivity contribution is 0.102. The molecule has 0 bridgehead atoms. The lowest BCUT2D eigenvalue weighted by Crippen LogP contribution is -2.15. The fourth-order valence-electron chi connectivity index (χ4n) is 3.23. The fourth-order valence-corrected chi connectivity index (χ4v) is 3.23. The van der Waals surface area contributed by atoms with Gasteiger partial charge in [-0.05, 0) is 56.7 Å². The Morgan fingerprint density at radius 2 is 1.81 bits per heavy atom. The van der Waals surface area contributed by atoms with Crippen LogP contribution < -0.4 is 14.8 Å². The normalized spacial score (nSPS) is 11.0. The van der Waals surface area contributed by atoms with E-state index in [1.54, 1.807) is 36.5 Å². The summed E-state index contributed by atoms with van der Waals surface area (Å²) in [6.07, 6.45) is 1.55. The van der Waals surface area contributed by atoms with Crippen molar-refractivity contribution in [2.24, 2.45) is 0 Å². The van der Waals surface area contributed by atoms with Gasteiger partial charge < -0.3 is 19.9 Å². The molecule has 0 spiro atoms. The number of hydrogen-bond donors (Lipinski definition) is 2. The van der Waals surface area contributed by atoms with Crippen molar-refractivity contribution in [1.29, 1.82) is 0 Å². The zero-order valence-corrected chi connectivity index (χ0v) is 17.5. The van der Waals surface area contributed by atoms with E-state index in [9.17, 15) is 9.90 Å². The van der Waals surface area contributed by atoms with Gasteiger partial charge >= 0.3 is 0 Å². The third kappa shape index (κ3) is 4.30. The lowest BCUT2D eigenvalue weighted by Gasteiger charge is -2.18. The van der Waals surface area contributed by atoms with E-state index in [-0.39, 0.29) is 17.5 Å². The van der Waals surface area contributed by atoms with E-state index >= 15 is 0 Å². The summed E-state index contributed by atoms with van der Waals surface area (Å²) in [5.74, 6) is 0.975. The Kier molecular flexibility index (Phi) is 5.49. The van der Waals surface area contributed by atoms with E-state index in [0.29, 0.717) is 28.5 Å². The fraction of sp³-hybridized carbons (Fsp3) is 0.167. The zero-order chi connectivity index (χ0) is 22.0. The summed E-state index contributed by atoms with van der Waals surface area (Å²) in [6, 6.07) is 18.3.